The zero-order chi connectivity index (χ0) is 16.9. The van der Waals surface area contributed by atoms with Crippen LogP contribution in [0.2, 0.25) is 0 Å². The topological polar surface area (TPSA) is 37.4 Å². The first-order chi connectivity index (χ1) is 11.7. The SMILES string of the molecule is CCCC(=O)N(C(=O)c1ccc2ccccc2c1)c1ccccc1. The van der Waals surface area contributed by atoms with Gasteiger partial charge in [0.25, 0.3) is 5.91 Å². The highest BCUT2D eigenvalue weighted by Crippen LogP contribution is 2.21. The Labute approximate surface area is 141 Å². The van der Waals surface area contributed by atoms with E-state index in [0.717, 1.165) is 10.8 Å². The van der Waals surface area contributed by atoms with Gasteiger partial charge in [-0.2, -0.15) is 0 Å². The second-order valence-electron chi connectivity index (χ2n) is 5.68. The van der Waals surface area contributed by atoms with Crippen LogP contribution in [0.3, 0.4) is 0 Å². The number of benzene rings is 3. The molecule has 3 nitrogen and oxygen atoms in total. The fourth-order valence-electron chi connectivity index (χ4n) is 2.73. The normalized spacial score (nSPS) is 10.5. The molecule has 0 aromatic heterocycles. The van der Waals surface area contributed by atoms with Crippen molar-refractivity contribution >= 4 is 28.3 Å². The summed E-state index contributed by atoms with van der Waals surface area (Å²) in [4.78, 5) is 26.8. The summed E-state index contributed by atoms with van der Waals surface area (Å²) in [5.74, 6) is -0.465. The number of hydrogen-bond donors (Lipinski definition) is 0. The molecule has 120 valence electrons. The van der Waals surface area contributed by atoms with Crippen LogP contribution < -0.4 is 4.90 Å². The van der Waals surface area contributed by atoms with Gasteiger partial charge in [0.1, 0.15) is 0 Å². The maximum Gasteiger partial charge on any atom is 0.265 e. The van der Waals surface area contributed by atoms with Crippen molar-refractivity contribution < 1.29 is 9.59 Å². The Bertz CT molecular complexity index is 871. The van der Waals surface area contributed by atoms with Gasteiger partial charge in [-0.25, -0.2) is 4.90 Å². The molecule has 0 radical (unpaired) electrons. The van der Waals surface area contributed by atoms with Crippen molar-refractivity contribution in [3.8, 4) is 0 Å². The first kappa shape index (κ1) is 15.9. The maximum atomic E-state index is 13.0. The van der Waals surface area contributed by atoms with E-state index in [1.54, 1.807) is 18.2 Å². The summed E-state index contributed by atoms with van der Waals surface area (Å²) >= 11 is 0. The molecule has 3 aromatic carbocycles. The summed E-state index contributed by atoms with van der Waals surface area (Å²) < 4.78 is 0. The molecule has 0 N–H and O–H groups in total. The molecule has 24 heavy (non-hydrogen) atoms. The van der Waals surface area contributed by atoms with E-state index in [2.05, 4.69) is 0 Å². The molecule has 0 aliphatic rings. The van der Waals surface area contributed by atoms with E-state index >= 15 is 0 Å². The monoisotopic (exact) mass is 317 g/mol. The third kappa shape index (κ3) is 3.20. The van der Waals surface area contributed by atoms with Crippen molar-refractivity contribution in [1.29, 1.82) is 0 Å². The van der Waals surface area contributed by atoms with Crippen molar-refractivity contribution in [3.63, 3.8) is 0 Å². The molecule has 0 unspecified atom stereocenters. The molecule has 3 heteroatoms. The minimum absolute atomic E-state index is 0.179. The van der Waals surface area contributed by atoms with E-state index < -0.39 is 0 Å². The van der Waals surface area contributed by atoms with Gasteiger partial charge in [0.05, 0.1) is 5.69 Å². The number of nitrogens with zero attached hydrogens (tertiary/aromatic N) is 1. The molecule has 0 spiro atoms. The van der Waals surface area contributed by atoms with Gasteiger partial charge in [-0.15, -0.1) is 0 Å². The minimum Gasteiger partial charge on any atom is -0.274 e. The number of para-hydroxylation sites is 1. The van der Waals surface area contributed by atoms with Crippen LogP contribution >= 0.6 is 0 Å². The summed E-state index contributed by atoms with van der Waals surface area (Å²) in [6.45, 7) is 1.93. The first-order valence-electron chi connectivity index (χ1n) is 8.12. The summed E-state index contributed by atoms with van der Waals surface area (Å²) in [5.41, 5.74) is 1.12. The maximum absolute atomic E-state index is 13.0. The Hall–Kier alpha value is -2.94. The van der Waals surface area contributed by atoms with Crippen LogP contribution in [0.15, 0.2) is 72.8 Å². The minimum atomic E-state index is -0.287. The number of amides is 2. The number of hydrogen-bond acceptors (Lipinski definition) is 2. The van der Waals surface area contributed by atoms with E-state index in [0.29, 0.717) is 24.1 Å². The number of carbonyl (C=O) groups excluding carboxylic acids is 2. The summed E-state index contributed by atoms with van der Waals surface area (Å²) in [7, 11) is 0. The van der Waals surface area contributed by atoms with Crippen molar-refractivity contribution in [1.82, 2.24) is 0 Å². The van der Waals surface area contributed by atoms with E-state index in [4.69, 9.17) is 0 Å². The zero-order valence-corrected chi connectivity index (χ0v) is 13.6. The molecule has 0 atom stereocenters. The lowest BCUT2D eigenvalue weighted by Gasteiger charge is -2.21. The Kier molecular flexibility index (Phi) is 4.71. The quantitative estimate of drug-likeness (QED) is 0.692. The van der Waals surface area contributed by atoms with Crippen molar-refractivity contribution in [2.24, 2.45) is 0 Å². The van der Waals surface area contributed by atoms with Crippen LogP contribution in [-0.4, -0.2) is 11.8 Å². The first-order valence-corrected chi connectivity index (χ1v) is 8.12. The average molecular weight is 317 g/mol. The lowest BCUT2D eigenvalue weighted by atomic mass is 10.1. The van der Waals surface area contributed by atoms with Gasteiger partial charge in [-0.1, -0.05) is 55.5 Å². The van der Waals surface area contributed by atoms with E-state index in [9.17, 15) is 9.59 Å². The standard InChI is InChI=1S/C21H19NO2/c1-2-8-20(23)22(19-11-4-3-5-12-19)21(24)18-14-13-16-9-6-7-10-17(16)15-18/h3-7,9-15H,2,8H2,1H3. The highest BCUT2D eigenvalue weighted by molar-refractivity contribution is 6.21. The molecule has 3 aromatic rings. The van der Waals surface area contributed by atoms with Crippen LogP contribution in [0, 0.1) is 0 Å². The lowest BCUT2D eigenvalue weighted by Crippen LogP contribution is -2.36. The van der Waals surface area contributed by atoms with Crippen molar-refractivity contribution in [2.75, 3.05) is 4.90 Å². The number of anilines is 1. The summed E-state index contributed by atoms with van der Waals surface area (Å²) in [5, 5.41) is 2.06. The molecule has 0 fully saturated rings. The van der Waals surface area contributed by atoms with Crippen LogP contribution in [0.1, 0.15) is 30.1 Å². The molecule has 0 saturated carbocycles. The second kappa shape index (κ2) is 7.09. The van der Waals surface area contributed by atoms with Gasteiger partial charge in [0.15, 0.2) is 0 Å². The molecular formula is C21H19NO2. The molecule has 0 aliphatic heterocycles. The van der Waals surface area contributed by atoms with Gasteiger partial charge in [-0.3, -0.25) is 9.59 Å². The van der Waals surface area contributed by atoms with Crippen LogP contribution in [-0.2, 0) is 4.79 Å². The fourth-order valence-corrected chi connectivity index (χ4v) is 2.73. The van der Waals surface area contributed by atoms with Crippen molar-refractivity contribution in [2.45, 2.75) is 19.8 Å². The Morgan fingerprint density at radius 1 is 0.833 bits per heavy atom. The highest BCUT2D eigenvalue weighted by atomic mass is 16.2. The fraction of sp³-hybridized carbons (Fsp3) is 0.143. The van der Waals surface area contributed by atoms with E-state index in [1.807, 2.05) is 61.5 Å². The lowest BCUT2D eigenvalue weighted by molar-refractivity contribution is -0.118. The van der Waals surface area contributed by atoms with Crippen LogP contribution in [0.4, 0.5) is 5.69 Å². The summed E-state index contributed by atoms with van der Waals surface area (Å²) in [6.07, 6.45) is 1.04. The van der Waals surface area contributed by atoms with E-state index in [1.165, 1.54) is 4.90 Å². The van der Waals surface area contributed by atoms with Gasteiger partial charge in [-0.05, 0) is 41.5 Å². The van der Waals surface area contributed by atoms with E-state index in [-0.39, 0.29) is 11.8 Å². The highest BCUT2D eigenvalue weighted by Gasteiger charge is 2.24. The Balaban J connectivity index is 2.02. The molecule has 2 amide bonds. The van der Waals surface area contributed by atoms with Crippen LogP contribution in [0.5, 0.6) is 0 Å². The summed E-state index contributed by atoms with van der Waals surface area (Å²) in [6, 6.07) is 22.5. The Morgan fingerprint density at radius 3 is 2.21 bits per heavy atom. The van der Waals surface area contributed by atoms with Crippen molar-refractivity contribution in [3.05, 3.63) is 78.4 Å². The molecule has 0 aliphatic carbocycles. The smallest absolute Gasteiger partial charge is 0.265 e. The molecule has 3 rings (SSSR count). The second-order valence-corrected chi connectivity index (χ2v) is 5.68. The zero-order valence-electron chi connectivity index (χ0n) is 13.6. The average Bonchev–Trinajstić information content (AvgIpc) is 2.62. The molecule has 0 bridgehead atoms. The Morgan fingerprint density at radius 2 is 1.50 bits per heavy atom. The van der Waals surface area contributed by atoms with Crippen LogP contribution in [0.25, 0.3) is 10.8 Å². The number of imide groups is 1. The third-order valence-corrected chi connectivity index (χ3v) is 3.93. The van der Waals surface area contributed by atoms with Gasteiger partial charge >= 0.3 is 0 Å². The number of fused-ring (bicyclic) bond motifs is 1. The number of carbonyl (C=O) groups is 2. The van der Waals surface area contributed by atoms with Gasteiger partial charge in [0, 0.05) is 12.0 Å². The largest absolute Gasteiger partial charge is 0.274 e. The van der Waals surface area contributed by atoms with Gasteiger partial charge in [0.2, 0.25) is 5.91 Å². The number of rotatable bonds is 4. The molecule has 0 saturated heterocycles. The molecular weight excluding hydrogens is 298 g/mol. The predicted octanol–water partition coefficient (Wildman–Crippen LogP) is 4.81. The third-order valence-electron chi connectivity index (χ3n) is 3.93. The molecule has 0 heterocycles. The predicted molar refractivity (Wildman–Crippen MR) is 97.1 cm³/mol. The van der Waals surface area contributed by atoms with Gasteiger partial charge < -0.3 is 0 Å².